The van der Waals surface area contributed by atoms with Crippen LogP contribution in [0.2, 0.25) is 0 Å². The molecular formula is C12H18N2. The van der Waals surface area contributed by atoms with Gasteiger partial charge >= 0.3 is 0 Å². The first kappa shape index (κ1) is 9.50. The average molecular weight is 190 g/mol. The van der Waals surface area contributed by atoms with Crippen molar-refractivity contribution in [1.82, 2.24) is 4.98 Å². The first-order valence-electron chi connectivity index (χ1n) is 5.42. The second-order valence-electron chi connectivity index (χ2n) is 4.42. The van der Waals surface area contributed by atoms with E-state index >= 15 is 0 Å². The Balaban J connectivity index is 1.83. The molecule has 0 aliphatic heterocycles. The molecule has 0 bridgehead atoms. The van der Waals surface area contributed by atoms with Gasteiger partial charge in [0.05, 0.1) is 0 Å². The van der Waals surface area contributed by atoms with Crippen LogP contribution in [0.25, 0.3) is 0 Å². The average Bonchev–Trinajstić information content (AvgIpc) is 2.19. The van der Waals surface area contributed by atoms with Gasteiger partial charge in [0, 0.05) is 12.7 Å². The number of aryl methyl sites for hydroxylation is 1. The molecular weight excluding hydrogens is 172 g/mol. The third kappa shape index (κ3) is 2.06. The minimum absolute atomic E-state index is 0.859. The molecule has 1 aliphatic rings. The summed E-state index contributed by atoms with van der Waals surface area (Å²) in [5, 5.41) is 3.39. The quantitative estimate of drug-likeness (QED) is 0.792. The number of aromatic nitrogens is 1. The maximum absolute atomic E-state index is 4.32. The lowest BCUT2D eigenvalue weighted by molar-refractivity contribution is 0.210. The molecule has 2 atom stereocenters. The van der Waals surface area contributed by atoms with E-state index in [1.165, 1.54) is 18.4 Å². The summed E-state index contributed by atoms with van der Waals surface area (Å²) < 4.78 is 0. The largest absolute Gasteiger partial charge is 0.370 e. The van der Waals surface area contributed by atoms with Crippen LogP contribution in [0.15, 0.2) is 18.3 Å². The summed E-state index contributed by atoms with van der Waals surface area (Å²) in [6.07, 6.45) is 4.68. The highest BCUT2D eigenvalue weighted by molar-refractivity contribution is 5.35. The number of rotatable bonds is 3. The van der Waals surface area contributed by atoms with Crippen molar-refractivity contribution in [2.75, 3.05) is 11.9 Å². The molecule has 0 saturated heterocycles. The van der Waals surface area contributed by atoms with Gasteiger partial charge < -0.3 is 5.32 Å². The maximum atomic E-state index is 4.32. The number of anilines is 1. The fourth-order valence-corrected chi connectivity index (χ4v) is 1.85. The SMILES string of the molecule is Cc1ccc(NC[C@@H]2CC[C@H]2C)nc1. The van der Waals surface area contributed by atoms with E-state index in [-0.39, 0.29) is 0 Å². The third-order valence-corrected chi connectivity index (χ3v) is 3.25. The molecule has 14 heavy (non-hydrogen) atoms. The van der Waals surface area contributed by atoms with Crippen LogP contribution in [0.3, 0.4) is 0 Å². The fourth-order valence-electron chi connectivity index (χ4n) is 1.85. The summed E-state index contributed by atoms with van der Waals surface area (Å²) in [6, 6.07) is 4.15. The molecule has 1 aliphatic carbocycles. The van der Waals surface area contributed by atoms with Crippen molar-refractivity contribution in [3.8, 4) is 0 Å². The van der Waals surface area contributed by atoms with Crippen LogP contribution in [0.5, 0.6) is 0 Å². The van der Waals surface area contributed by atoms with Crippen molar-refractivity contribution in [3.05, 3.63) is 23.9 Å². The third-order valence-electron chi connectivity index (χ3n) is 3.25. The highest BCUT2D eigenvalue weighted by atomic mass is 15.0. The van der Waals surface area contributed by atoms with Crippen LogP contribution in [0.1, 0.15) is 25.3 Å². The normalized spacial score (nSPS) is 25.6. The van der Waals surface area contributed by atoms with Crippen LogP contribution in [-0.2, 0) is 0 Å². The number of nitrogens with zero attached hydrogens (tertiary/aromatic N) is 1. The molecule has 76 valence electrons. The van der Waals surface area contributed by atoms with Crippen LogP contribution in [-0.4, -0.2) is 11.5 Å². The Morgan fingerprint density at radius 1 is 1.43 bits per heavy atom. The van der Waals surface area contributed by atoms with E-state index in [1.807, 2.05) is 6.20 Å². The predicted molar refractivity (Wildman–Crippen MR) is 59.4 cm³/mol. The zero-order valence-electron chi connectivity index (χ0n) is 8.96. The second-order valence-corrected chi connectivity index (χ2v) is 4.42. The number of nitrogens with one attached hydrogen (secondary N) is 1. The van der Waals surface area contributed by atoms with Crippen molar-refractivity contribution >= 4 is 5.82 Å². The minimum Gasteiger partial charge on any atom is -0.370 e. The van der Waals surface area contributed by atoms with Gasteiger partial charge in [-0.3, -0.25) is 0 Å². The van der Waals surface area contributed by atoms with Crippen molar-refractivity contribution in [3.63, 3.8) is 0 Å². The van der Waals surface area contributed by atoms with E-state index in [0.29, 0.717) is 0 Å². The Hall–Kier alpha value is -1.05. The van der Waals surface area contributed by atoms with Gasteiger partial charge in [-0.25, -0.2) is 4.98 Å². The standard InChI is InChI=1S/C12H18N2/c1-9-3-6-12(13-7-9)14-8-11-5-4-10(11)2/h3,6-7,10-11H,4-5,8H2,1-2H3,(H,13,14)/t10-,11+/m1/s1. The van der Waals surface area contributed by atoms with Crippen molar-refractivity contribution in [2.45, 2.75) is 26.7 Å². The number of hydrogen-bond acceptors (Lipinski definition) is 2. The Morgan fingerprint density at radius 2 is 2.29 bits per heavy atom. The summed E-state index contributed by atoms with van der Waals surface area (Å²) >= 11 is 0. The molecule has 0 aromatic carbocycles. The van der Waals surface area contributed by atoms with Crippen molar-refractivity contribution in [2.24, 2.45) is 11.8 Å². The van der Waals surface area contributed by atoms with E-state index in [4.69, 9.17) is 0 Å². The summed E-state index contributed by atoms with van der Waals surface area (Å²) in [4.78, 5) is 4.32. The molecule has 2 heteroatoms. The first-order chi connectivity index (χ1) is 6.75. The van der Waals surface area contributed by atoms with Crippen LogP contribution in [0.4, 0.5) is 5.82 Å². The highest BCUT2D eigenvalue weighted by Gasteiger charge is 2.25. The molecule has 0 unspecified atom stereocenters. The molecule has 0 radical (unpaired) electrons. The zero-order valence-corrected chi connectivity index (χ0v) is 8.96. The first-order valence-corrected chi connectivity index (χ1v) is 5.42. The summed E-state index contributed by atoms with van der Waals surface area (Å²) in [5.41, 5.74) is 1.22. The lowest BCUT2D eigenvalue weighted by Gasteiger charge is -2.33. The van der Waals surface area contributed by atoms with Crippen molar-refractivity contribution < 1.29 is 0 Å². The molecule has 1 N–H and O–H groups in total. The molecule has 1 aromatic heterocycles. The Bertz CT molecular complexity index is 292. The molecule has 0 amide bonds. The van der Waals surface area contributed by atoms with Crippen molar-refractivity contribution in [1.29, 1.82) is 0 Å². The van der Waals surface area contributed by atoms with Crippen LogP contribution < -0.4 is 5.32 Å². The van der Waals surface area contributed by atoms with Gasteiger partial charge in [-0.1, -0.05) is 19.4 Å². The van der Waals surface area contributed by atoms with E-state index in [1.54, 1.807) is 0 Å². The molecule has 1 saturated carbocycles. The maximum Gasteiger partial charge on any atom is 0.125 e. The Kier molecular flexibility index (Phi) is 2.71. The molecule has 1 heterocycles. The molecule has 1 aromatic rings. The summed E-state index contributed by atoms with van der Waals surface area (Å²) in [5.74, 6) is 2.76. The zero-order chi connectivity index (χ0) is 9.97. The van der Waals surface area contributed by atoms with Crippen LogP contribution in [0, 0.1) is 18.8 Å². The van der Waals surface area contributed by atoms with E-state index < -0.39 is 0 Å². The lowest BCUT2D eigenvalue weighted by Crippen LogP contribution is -2.29. The van der Waals surface area contributed by atoms with E-state index in [0.717, 1.165) is 24.2 Å². The monoisotopic (exact) mass is 190 g/mol. The highest BCUT2D eigenvalue weighted by Crippen LogP contribution is 2.33. The Labute approximate surface area is 85.7 Å². The summed E-state index contributed by atoms with van der Waals surface area (Å²) in [6.45, 7) is 5.47. The molecule has 2 rings (SSSR count). The summed E-state index contributed by atoms with van der Waals surface area (Å²) in [7, 11) is 0. The predicted octanol–water partition coefficient (Wildman–Crippen LogP) is 2.85. The van der Waals surface area contributed by atoms with Gasteiger partial charge in [0.25, 0.3) is 0 Å². The smallest absolute Gasteiger partial charge is 0.125 e. The number of hydrogen-bond donors (Lipinski definition) is 1. The topological polar surface area (TPSA) is 24.9 Å². The molecule has 1 fully saturated rings. The van der Waals surface area contributed by atoms with E-state index in [9.17, 15) is 0 Å². The van der Waals surface area contributed by atoms with Gasteiger partial charge in [0.15, 0.2) is 0 Å². The second kappa shape index (κ2) is 3.99. The van der Waals surface area contributed by atoms with Gasteiger partial charge in [-0.15, -0.1) is 0 Å². The van der Waals surface area contributed by atoms with Gasteiger partial charge in [-0.05, 0) is 36.8 Å². The van der Waals surface area contributed by atoms with Gasteiger partial charge in [0.2, 0.25) is 0 Å². The van der Waals surface area contributed by atoms with E-state index in [2.05, 4.69) is 36.3 Å². The van der Waals surface area contributed by atoms with Crippen LogP contribution >= 0.6 is 0 Å². The fraction of sp³-hybridized carbons (Fsp3) is 0.583. The van der Waals surface area contributed by atoms with Gasteiger partial charge in [0.1, 0.15) is 5.82 Å². The lowest BCUT2D eigenvalue weighted by atomic mass is 9.75. The minimum atomic E-state index is 0.859. The number of pyridine rings is 1. The van der Waals surface area contributed by atoms with Gasteiger partial charge in [-0.2, -0.15) is 0 Å². The molecule has 0 spiro atoms. The Morgan fingerprint density at radius 3 is 2.79 bits per heavy atom. The molecule has 2 nitrogen and oxygen atoms in total.